The fourth-order valence-electron chi connectivity index (χ4n) is 6.16. The lowest BCUT2D eigenvalue weighted by molar-refractivity contribution is -0.151. The van der Waals surface area contributed by atoms with Crippen molar-refractivity contribution in [3.63, 3.8) is 0 Å². The van der Waals surface area contributed by atoms with E-state index >= 15 is 0 Å². The maximum absolute atomic E-state index is 13.8. The minimum absolute atomic E-state index is 0.0254. The van der Waals surface area contributed by atoms with Crippen molar-refractivity contribution in [3.05, 3.63) is 95.2 Å². The summed E-state index contributed by atoms with van der Waals surface area (Å²) in [7, 11) is 2.47. The number of hydrogen-bond donors (Lipinski definition) is 3. The molecule has 0 fully saturated rings. The quantitative estimate of drug-likeness (QED) is 0.158. The van der Waals surface area contributed by atoms with Gasteiger partial charge in [0.2, 0.25) is 5.60 Å². The topological polar surface area (TPSA) is 192 Å². The lowest BCUT2D eigenvalue weighted by Gasteiger charge is -2.30. The van der Waals surface area contributed by atoms with Gasteiger partial charge in [0.15, 0.2) is 17.3 Å². The number of carboxylic acids is 1. The van der Waals surface area contributed by atoms with Crippen LogP contribution < -0.4 is 18.9 Å². The molecule has 3 aromatic rings. The number of aromatic hydroxyl groups is 1. The normalized spacial score (nSPS) is 15.3. The number of phenols is 1. The zero-order chi connectivity index (χ0) is 40.0. The molecule has 53 heavy (non-hydrogen) atoms. The zero-order valence-electron chi connectivity index (χ0n) is 31.0. The average molecular weight is 796 g/mol. The Morgan fingerprint density at radius 3 is 1.72 bits per heavy atom. The summed E-state index contributed by atoms with van der Waals surface area (Å²) in [5.41, 5.74) is 0.0415. The highest BCUT2D eigenvalue weighted by Gasteiger charge is 2.48. The van der Waals surface area contributed by atoms with Gasteiger partial charge in [-0.25, -0.2) is 19.2 Å². The van der Waals surface area contributed by atoms with Gasteiger partial charge in [0.1, 0.15) is 38.6 Å². The number of carboxylic acid groups (broad SMARTS) is 1. The van der Waals surface area contributed by atoms with Crippen molar-refractivity contribution in [2.75, 3.05) is 14.2 Å². The van der Waals surface area contributed by atoms with Crippen molar-refractivity contribution in [3.8, 4) is 28.7 Å². The predicted molar refractivity (Wildman–Crippen MR) is 194 cm³/mol. The maximum atomic E-state index is 13.8. The fourth-order valence-corrected chi connectivity index (χ4v) is 6.90. The number of ether oxygens (including phenoxy) is 5. The zero-order valence-corrected chi connectivity index (χ0v) is 32.6. The van der Waals surface area contributed by atoms with Crippen molar-refractivity contribution >= 4 is 45.6 Å². The summed E-state index contributed by atoms with van der Waals surface area (Å²) in [5.74, 6) is -5.48. The Labute approximate surface area is 313 Å². The second kappa shape index (κ2) is 14.9. The van der Waals surface area contributed by atoms with Crippen LogP contribution >= 0.6 is 15.9 Å². The molecule has 3 N–H and O–H groups in total. The molecule has 0 spiro atoms. The second-order valence-electron chi connectivity index (χ2n) is 12.7. The number of ketones is 1. The van der Waals surface area contributed by atoms with Gasteiger partial charge in [-0.15, -0.1) is 0 Å². The average Bonchev–Trinajstić information content (AvgIpc) is 3.09. The smallest absolute Gasteiger partial charge is 0.356 e. The van der Waals surface area contributed by atoms with Crippen LogP contribution in [0.25, 0.3) is 0 Å². The number of aryl methyl sites for hydroxylation is 1. The van der Waals surface area contributed by atoms with E-state index in [1.54, 1.807) is 41.5 Å². The first kappa shape index (κ1) is 40.3. The van der Waals surface area contributed by atoms with Crippen LogP contribution in [0.1, 0.15) is 82.5 Å². The molecule has 0 aliphatic heterocycles. The first-order valence-corrected chi connectivity index (χ1v) is 16.9. The first-order valence-electron chi connectivity index (χ1n) is 16.1. The van der Waals surface area contributed by atoms with Gasteiger partial charge in [0, 0.05) is 11.6 Å². The molecule has 0 unspecified atom stereocenters. The molecule has 1 aliphatic rings. The summed E-state index contributed by atoms with van der Waals surface area (Å²) >= 11 is 3.35. The molecule has 1 atom stereocenters. The van der Waals surface area contributed by atoms with Gasteiger partial charge in [-0.05, 0) is 135 Å². The number of esters is 3. The third kappa shape index (κ3) is 6.79. The largest absolute Gasteiger partial charge is 0.507 e. The third-order valence-electron chi connectivity index (χ3n) is 9.66. The van der Waals surface area contributed by atoms with E-state index in [1.807, 2.05) is 0 Å². The molecule has 1 aliphatic carbocycles. The van der Waals surface area contributed by atoms with E-state index in [0.717, 1.165) is 12.2 Å². The predicted octanol–water partition coefficient (Wildman–Crippen LogP) is 6.46. The molecular weight excluding hydrogens is 756 g/mol. The van der Waals surface area contributed by atoms with Gasteiger partial charge < -0.3 is 39.0 Å². The molecule has 0 heterocycles. The molecular formula is C39H39BrO13. The number of phenolic OH excluding ortho intramolecular Hbond substituents is 1. The first-order chi connectivity index (χ1) is 24.6. The maximum Gasteiger partial charge on any atom is 0.356 e. The Hall–Kier alpha value is -5.47. The summed E-state index contributed by atoms with van der Waals surface area (Å²) in [5, 5.41) is 32.2. The van der Waals surface area contributed by atoms with Crippen LogP contribution in [-0.2, 0) is 14.3 Å². The van der Waals surface area contributed by atoms with Gasteiger partial charge in [-0.1, -0.05) is 0 Å². The summed E-state index contributed by atoms with van der Waals surface area (Å²) in [6.45, 7) is 14.0. The Morgan fingerprint density at radius 1 is 0.660 bits per heavy atom. The molecule has 3 aromatic carbocycles. The van der Waals surface area contributed by atoms with Crippen molar-refractivity contribution in [1.82, 2.24) is 0 Å². The van der Waals surface area contributed by atoms with Gasteiger partial charge >= 0.3 is 23.9 Å². The Bertz CT molecular complexity index is 2180. The van der Waals surface area contributed by atoms with Gasteiger partial charge in [0.05, 0.1) is 19.8 Å². The molecule has 0 saturated carbocycles. The van der Waals surface area contributed by atoms with Crippen LogP contribution in [0.15, 0.2) is 34.0 Å². The molecule has 4 rings (SSSR count). The fraction of sp³-hybridized carbons (Fsp3) is 0.308. The molecule has 14 heteroatoms. The van der Waals surface area contributed by atoms with Crippen LogP contribution in [0.5, 0.6) is 28.7 Å². The van der Waals surface area contributed by atoms with Crippen LogP contribution in [0.4, 0.5) is 0 Å². The SMILES string of the molecule is COC1=CC(=O)C=C(C)[C@]1(O)C(=O)Oc1c(C)c(C)c(C(=O)Oc2cc(C)c(C(=O)Oc3c(C)c(C)c(C(=O)O)c(C)c3C)c(O)c2C)c(OC)c1Br. The molecule has 0 amide bonds. The van der Waals surface area contributed by atoms with Gasteiger partial charge in [-0.3, -0.25) is 4.79 Å². The van der Waals surface area contributed by atoms with Crippen molar-refractivity contribution in [2.24, 2.45) is 0 Å². The molecule has 0 radical (unpaired) electrons. The van der Waals surface area contributed by atoms with E-state index in [4.69, 9.17) is 23.7 Å². The number of rotatable bonds is 9. The number of hydrogen-bond acceptors (Lipinski definition) is 12. The van der Waals surface area contributed by atoms with Crippen molar-refractivity contribution in [2.45, 2.75) is 67.9 Å². The number of aromatic carboxylic acids is 1. The number of methoxy groups -OCH3 is 2. The van der Waals surface area contributed by atoms with E-state index in [-0.39, 0.29) is 72.2 Å². The summed E-state index contributed by atoms with van der Waals surface area (Å²) in [6.07, 6.45) is 2.06. The second-order valence-corrected chi connectivity index (χ2v) is 13.5. The Balaban J connectivity index is 1.69. The van der Waals surface area contributed by atoms with Crippen LogP contribution in [0, 0.1) is 55.4 Å². The molecule has 280 valence electrons. The van der Waals surface area contributed by atoms with E-state index in [1.165, 1.54) is 41.1 Å². The van der Waals surface area contributed by atoms with Crippen LogP contribution in [0.3, 0.4) is 0 Å². The Kier molecular flexibility index (Phi) is 11.3. The minimum atomic E-state index is -2.41. The summed E-state index contributed by atoms with van der Waals surface area (Å²) in [6, 6.07) is 1.39. The van der Waals surface area contributed by atoms with E-state index in [0.29, 0.717) is 27.8 Å². The summed E-state index contributed by atoms with van der Waals surface area (Å²) < 4.78 is 27.9. The standard InChI is InChI=1S/C39H39BrO13/c1-15-12-25(23(9)31(42)27(15)36(45)52-32-20(6)17(3)28(35(43)44)18(4)21(32)7)51-37(46)29-19(5)22(8)33(30(40)34(29)50-11)53-38(47)39(48)16(2)13-24(41)14-26(39)49-10/h12-14,42,48H,1-11H3,(H,43,44)/t39-/m1/s1. The molecule has 0 bridgehead atoms. The highest BCUT2D eigenvalue weighted by molar-refractivity contribution is 9.10. The van der Waals surface area contributed by atoms with Gasteiger partial charge in [-0.2, -0.15) is 0 Å². The van der Waals surface area contributed by atoms with Gasteiger partial charge in [0.25, 0.3) is 0 Å². The highest BCUT2D eigenvalue weighted by Crippen LogP contribution is 2.45. The molecule has 0 aromatic heterocycles. The van der Waals surface area contributed by atoms with Crippen LogP contribution in [0.2, 0.25) is 0 Å². The lowest BCUT2D eigenvalue weighted by Crippen LogP contribution is -2.47. The number of aliphatic hydroxyl groups is 1. The Morgan fingerprint density at radius 2 is 1.19 bits per heavy atom. The summed E-state index contributed by atoms with van der Waals surface area (Å²) in [4.78, 5) is 64.6. The highest BCUT2D eigenvalue weighted by atomic mass is 79.9. The monoisotopic (exact) mass is 794 g/mol. The van der Waals surface area contributed by atoms with Crippen molar-refractivity contribution in [1.29, 1.82) is 0 Å². The van der Waals surface area contributed by atoms with E-state index in [2.05, 4.69) is 15.9 Å². The number of allylic oxidation sites excluding steroid dienone is 2. The number of halogens is 1. The van der Waals surface area contributed by atoms with E-state index < -0.39 is 41.0 Å². The number of benzene rings is 3. The van der Waals surface area contributed by atoms with E-state index in [9.17, 15) is 39.3 Å². The van der Waals surface area contributed by atoms with Crippen LogP contribution in [-0.4, -0.2) is 64.8 Å². The molecule has 13 nitrogen and oxygen atoms in total. The number of carbonyl (C=O) groups excluding carboxylic acids is 4. The minimum Gasteiger partial charge on any atom is -0.507 e. The third-order valence-corrected chi connectivity index (χ3v) is 10.4. The lowest BCUT2D eigenvalue weighted by atomic mass is 9.87. The van der Waals surface area contributed by atoms with Crippen molar-refractivity contribution < 1.29 is 63.0 Å². The molecule has 0 saturated heterocycles. The number of carbonyl (C=O) groups is 5.